The number of allylic oxidation sites excluding steroid dienone is 1. The van der Waals surface area contributed by atoms with Gasteiger partial charge in [0.25, 0.3) is 0 Å². The molecule has 0 heterocycles. The lowest BCUT2D eigenvalue weighted by atomic mass is 10.2. The van der Waals surface area contributed by atoms with Gasteiger partial charge in [0.1, 0.15) is 12.4 Å². The van der Waals surface area contributed by atoms with Crippen molar-refractivity contribution in [1.82, 2.24) is 0 Å². The van der Waals surface area contributed by atoms with Gasteiger partial charge in [-0.2, -0.15) is 0 Å². The first-order valence-electron chi connectivity index (χ1n) is 4.26. The summed E-state index contributed by atoms with van der Waals surface area (Å²) in [6, 6.07) is 7.16. The van der Waals surface area contributed by atoms with E-state index in [1.165, 1.54) is 6.08 Å². The number of rotatable bonds is 4. The molecule has 0 saturated carbocycles. The van der Waals surface area contributed by atoms with E-state index in [1.54, 1.807) is 18.2 Å². The quantitative estimate of drug-likeness (QED) is 0.443. The summed E-state index contributed by atoms with van der Waals surface area (Å²) in [7, 11) is 0. The third kappa shape index (κ3) is 4.35. The van der Waals surface area contributed by atoms with Crippen LogP contribution in [-0.2, 0) is 4.79 Å². The molecule has 0 radical (unpaired) electrons. The molecule has 0 atom stereocenters. The molecule has 0 N–H and O–H groups in total. The summed E-state index contributed by atoms with van der Waals surface area (Å²) in [6.07, 6.45) is 7.96. The van der Waals surface area contributed by atoms with E-state index in [1.807, 2.05) is 12.1 Å². The maximum absolute atomic E-state index is 10.5. The van der Waals surface area contributed by atoms with Crippen LogP contribution in [-0.4, -0.2) is 11.8 Å². The highest BCUT2D eigenvalue weighted by atomic mass is 35.5. The van der Waals surface area contributed by atoms with E-state index >= 15 is 0 Å². The number of carbonyl (C=O) groups is 1. The van der Waals surface area contributed by atoms with E-state index in [9.17, 15) is 4.79 Å². The van der Waals surface area contributed by atoms with Crippen LogP contribution in [0.2, 0.25) is 0 Å². The van der Waals surface area contributed by atoms with Gasteiger partial charge in [0.2, 0.25) is 5.24 Å². The Labute approximate surface area is 93.5 Å². The topological polar surface area (TPSA) is 26.3 Å². The number of hydrogen-bond donors (Lipinski definition) is 0. The normalized spacial score (nSPS) is 9.87. The van der Waals surface area contributed by atoms with Crippen LogP contribution in [0.5, 0.6) is 5.75 Å². The zero-order chi connectivity index (χ0) is 11.1. The van der Waals surface area contributed by atoms with Crippen molar-refractivity contribution in [3.63, 3.8) is 0 Å². The van der Waals surface area contributed by atoms with E-state index in [2.05, 4.69) is 5.92 Å². The molecular formula is C12H9ClO2. The zero-order valence-electron chi connectivity index (χ0n) is 7.94. The maximum Gasteiger partial charge on any atom is 0.245 e. The Morgan fingerprint density at radius 2 is 2.13 bits per heavy atom. The van der Waals surface area contributed by atoms with Crippen molar-refractivity contribution in [1.29, 1.82) is 0 Å². The number of benzene rings is 1. The molecule has 2 nitrogen and oxygen atoms in total. The maximum atomic E-state index is 10.5. The molecule has 1 rings (SSSR count). The van der Waals surface area contributed by atoms with Crippen LogP contribution in [0.15, 0.2) is 30.3 Å². The molecule has 15 heavy (non-hydrogen) atoms. The summed E-state index contributed by atoms with van der Waals surface area (Å²) in [4.78, 5) is 10.5. The van der Waals surface area contributed by atoms with Gasteiger partial charge in [-0.3, -0.25) is 4.79 Å². The van der Waals surface area contributed by atoms with Gasteiger partial charge in [-0.05, 0) is 35.4 Å². The Morgan fingerprint density at radius 3 is 2.67 bits per heavy atom. The van der Waals surface area contributed by atoms with Gasteiger partial charge in [-0.15, -0.1) is 6.42 Å². The van der Waals surface area contributed by atoms with Gasteiger partial charge >= 0.3 is 0 Å². The average molecular weight is 221 g/mol. The van der Waals surface area contributed by atoms with Gasteiger partial charge in [0.15, 0.2) is 0 Å². The number of carbonyl (C=O) groups excluding carboxylic acids is 1. The standard InChI is InChI=1S/C12H9ClO2/c1-2-9-15-11-6-3-10(4-7-11)5-8-12(13)14/h1,3-8H,9H2. The molecule has 1 aromatic carbocycles. The second kappa shape index (κ2) is 5.90. The predicted octanol–water partition coefficient (Wildman–Crippen LogP) is 2.48. The highest BCUT2D eigenvalue weighted by molar-refractivity contribution is 6.66. The number of terminal acetylenes is 1. The molecule has 0 aliphatic heterocycles. The van der Waals surface area contributed by atoms with Crippen LogP contribution in [0.1, 0.15) is 5.56 Å². The summed E-state index contributed by atoms with van der Waals surface area (Å²) in [5.74, 6) is 3.07. The molecule has 0 saturated heterocycles. The third-order valence-electron chi connectivity index (χ3n) is 1.61. The fourth-order valence-corrected chi connectivity index (χ4v) is 1.02. The van der Waals surface area contributed by atoms with Gasteiger partial charge in [-0.25, -0.2) is 0 Å². The Morgan fingerprint density at radius 1 is 1.47 bits per heavy atom. The van der Waals surface area contributed by atoms with Gasteiger partial charge < -0.3 is 4.74 Å². The van der Waals surface area contributed by atoms with Crippen molar-refractivity contribution in [2.45, 2.75) is 0 Å². The average Bonchev–Trinajstić information content (AvgIpc) is 2.25. The lowest BCUT2D eigenvalue weighted by Gasteiger charge is -2.01. The molecule has 0 fully saturated rings. The first-order valence-corrected chi connectivity index (χ1v) is 4.64. The molecule has 0 aliphatic rings. The van der Waals surface area contributed by atoms with Crippen molar-refractivity contribution in [3.8, 4) is 18.1 Å². The molecule has 1 aromatic rings. The van der Waals surface area contributed by atoms with E-state index in [0.29, 0.717) is 5.75 Å². The van der Waals surface area contributed by atoms with Gasteiger partial charge in [-0.1, -0.05) is 24.1 Å². The molecule has 0 spiro atoms. The molecule has 0 aliphatic carbocycles. The van der Waals surface area contributed by atoms with Crippen molar-refractivity contribution in [2.24, 2.45) is 0 Å². The van der Waals surface area contributed by atoms with Crippen molar-refractivity contribution >= 4 is 22.9 Å². The van der Waals surface area contributed by atoms with Gasteiger partial charge in [0.05, 0.1) is 0 Å². The molecule has 0 bridgehead atoms. The first kappa shape index (κ1) is 11.4. The molecule has 3 heteroatoms. The Bertz CT molecular complexity index is 399. The number of halogens is 1. The number of hydrogen-bond acceptors (Lipinski definition) is 2. The summed E-state index contributed by atoms with van der Waals surface area (Å²) >= 11 is 5.15. The molecule has 0 amide bonds. The summed E-state index contributed by atoms with van der Waals surface area (Å²) in [5.41, 5.74) is 0.872. The molecular weight excluding hydrogens is 212 g/mol. The zero-order valence-corrected chi connectivity index (χ0v) is 8.70. The second-order valence-corrected chi connectivity index (χ2v) is 3.07. The smallest absolute Gasteiger partial charge is 0.245 e. The third-order valence-corrected chi connectivity index (χ3v) is 1.74. The SMILES string of the molecule is C#CCOc1ccc(C=CC(=O)Cl)cc1. The highest BCUT2D eigenvalue weighted by Crippen LogP contribution is 2.13. The van der Waals surface area contributed by atoms with E-state index in [-0.39, 0.29) is 6.61 Å². The Hall–Kier alpha value is -1.72. The minimum Gasteiger partial charge on any atom is -0.481 e. The molecule has 0 unspecified atom stereocenters. The number of ether oxygens (including phenoxy) is 1. The van der Waals surface area contributed by atoms with Crippen LogP contribution >= 0.6 is 11.6 Å². The van der Waals surface area contributed by atoms with Crippen molar-refractivity contribution in [3.05, 3.63) is 35.9 Å². The summed E-state index contributed by atoms with van der Waals surface area (Å²) in [6.45, 7) is 0.245. The van der Waals surface area contributed by atoms with Gasteiger partial charge in [0, 0.05) is 0 Å². The minimum absolute atomic E-state index is 0.245. The predicted molar refractivity (Wildman–Crippen MR) is 60.7 cm³/mol. The lowest BCUT2D eigenvalue weighted by molar-refractivity contribution is -0.107. The van der Waals surface area contributed by atoms with Crippen LogP contribution in [0.25, 0.3) is 6.08 Å². The van der Waals surface area contributed by atoms with Crippen LogP contribution in [0, 0.1) is 12.3 Å². The molecule has 76 valence electrons. The largest absolute Gasteiger partial charge is 0.481 e. The Balaban J connectivity index is 2.64. The van der Waals surface area contributed by atoms with E-state index in [0.717, 1.165) is 5.56 Å². The molecule has 0 aromatic heterocycles. The van der Waals surface area contributed by atoms with Crippen LogP contribution in [0.3, 0.4) is 0 Å². The first-order chi connectivity index (χ1) is 7.22. The second-order valence-electron chi connectivity index (χ2n) is 2.70. The van der Waals surface area contributed by atoms with Crippen molar-refractivity contribution < 1.29 is 9.53 Å². The monoisotopic (exact) mass is 220 g/mol. The van der Waals surface area contributed by atoms with Crippen molar-refractivity contribution in [2.75, 3.05) is 6.61 Å². The van der Waals surface area contributed by atoms with E-state index in [4.69, 9.17) is 22.8 Å². The summed E-state index contributed by atoms with van der Waals surface area (Å²) in [5, 5.41) is -0.498. The minimum atomic E-state index is -0.498. The highest BCUT2D eigenvalue weighted by Gasteiger charge is 1.92. The van der Waals surface area contributed by atoms with E-state index < -0.39 is 5.24 Å². The summed E-state index contributed by atoms with van der Waals surface area (Å²) < 4.78 is 5.18. The fraction of sp³-hybridized carbons (Fsp3) is 0.0833. The van der Waals surface area contributed by atoms with Crippen LogP contribution in [0.4, 0.5) is 0 Å². The fourth-order valence-electron chi connectivity index (χ4n) is 0.962. The lowest BCUT2D eigenvalue weighted by Crippen LogP contribution is -1.92. The Kier molecular flexibility index (Phi) is 4.46. The van der Waals surface area contributed by atoms with Crippen LogP contribution < -0.4 is 4.74 Å².